The van der Waals surface area contributed by atoms with E-state index in [1.165, 1.54) is 0 Å². The lowest BCUT2D eigenvalue weighted by molar-refractivity contribution is 0.509. The molecule has 0 aliphatic carbocycles. The van der Waals surface area contributed by atoms with Crippen LogP contribution in [0, 0.1) is 0 Å². The molecule has 7 nitrogen and oxygen atoms in total. The van der Waals surface area contributed by atoms with Gasteiger partial charge < -0.3 is 15.5 Å². The van der Waals surface area contributed by atoms with E-state index in [1.807, 2.05) is 20.2 Å². The average molecular weight is 236 g/mol. The molecule has 0 aromatic carbocycles. The minimum absolute atomic E-state index is 0.371. The predicted octanol–water partition coefficient (Wildman–Crippen LogP) is 0.610. The van der Waals surface area contributed by atoms with Crippen molar-refractivity contribution in [1.29, 1.82) is 0 Å². The molecule has 0 bridgehead atoms. The molecule has 2 aromatic rings. The van der Waals surface area contributed by atoms with Crippen molar-refractivity contribution >= 4 is 11.7 Å². The van der Waals surface area contributed by atoms with Gasteiger partial charge in [-0.25, -0.2) is 0 Å². The lowest BCUT2D eigenvalue weighted by Gasteiger charge is -1.98. The summed E-state index contributed by atoms with van der Waals surface area (Å²) in [7, 11) is 1.87. The first kappa shape index (κ1) is 11.6. The second-order valence-corrected chi connectivity index (χ2v) is 3.68. The first-order chi connectivity index (χ1) is 8.22. The van der Waals surface area contributed by atoms with Gasteiger partial charge in [0.25, 0.3) is 0 Å². The van der Waals surface area contributed by atoms with Crippen LogP contribution in [0.1, 0.15) is 18.5 Å². The minimum atomic E-state index is 0.371. The SMILES string of the molecule is CCc1nn(C)cc1Nc1nnc(CCN)o1. The molecule has 0 fully saturated rings. The normalized spacial score (nSPS) is 10.8. The van der Waals surface area contributed by atoms with Gasteiger partial charge in [0.2, 0.25) is 5.89 Å². The van der Waals surface area contributed by atoms with E-state index in [-0.39, 0.29) is 0 Å². The highest BCUT2D eigenvalue weighted by Gasteiger charge is 2.10. The zero-order chi connectivity index (χ0) is 12.3. The van der Waals surface area contributed by atoms with Crippen molar-refractivity contribution in [3.05, 3.63) is 17.8 Å². The summed E-state index contributed by atoms with van der Waals surface area (Å²) in [6.45, 7) is 2.54. The number of anilines is 2. The minimum Gasteiger partial charge on any atom is -0.408 e. The van der Waals surface area contributed by atoms with Gasteiger partial charge in [0.15, 0.2) is 0 Å². The molecule has 0 aliphatic heterocycles. The quantitative estimate of drug-likeness (QED) is 0.789. The third-order valence-corrected chi connectivity index (χ3v) is 2.31. The van der Waals surface area contributed by atoms with Crippen LogP contribution in [0.25, 0.3) is 0 Å². The van der Waals surface area contributed by atoms with Gasteiger partial charge in [-0.15, -0.1) is 5.10 Å². The number of rotatable bonds is 5. The molecule has 0 aliphatic rings. The summed E-state index contributed by atoms with van der Waals surface area (Å²) in [4.78, 5) is 0. The topological polar surface area (TPSA) is 94.8 Å². The summed E-state index contributed by atoms with van der Waals surface area (Å²) < 4.78 is 7.13. The number of aromatic nitrogens is 4. The van der Waals surface area contributed by atoms with Crippen LogP contribution in [-0.4, -0.2) is 26.5 Å². The fourth-order valence-corrected chi connectivity index (χ4v) is 1.54. The number of aryl methyl sites for hydroxylation is 2. The Bertz CT molecular complexity index is 489. The zero-order valence-electron chi connectivity index (χ0n) is 9.97. The molecule has 0 radical (unpaired) electrons. The van der Waals surface area contributed by atoms with Gasteiger partial charge in [-0.2, -0.15) is 5.10 Å². The molecule has 0 atom stereocenters. The van der Waals surface area contributed by atoms with E-state index in [2.05, 4.69) is 20.6 Å². The van der Waals surface area contributed by atoms with Crippen LogP contribution in [0.2, 0.25) is 0 Å². The van der Waals surface area contributed by atoms with Crippen molar-refractivity contribution in [2.24, 2.45) is 12.8 Å². The third-order valence-electron chi connectivity index (χ3n) is 2.31. The Kier molecular flexibility index (Phi) is 3.38. The van der Waals surface area contributed by atoms with Crippen molar-refractivity contribution in [2.45, 2.75) is 19.8 Å². The van der Waals surface area contributed by atoms with Crippen molar-refractivity contribution in [3.63, 3.8) is 0 Å². The van der Waals surface area contributed by atoms with Gasteiger partial charge in [-0.1, -0.05) is 12.0 Å². The van der Waals surface area contributed by atoms with Gasteiger partial charge in [0, 0.05) is 26.2 Å². The Morgan fingerprint density at radius 1 is 1.47 bits per heavy atom. The monoisotopic (exact) mass is 236 g/mol. The largest absolute Gasteiger partial charge is 0.408 e. The number of nitrogens with two attached hydrogens (primary N) is 1. The van der Waals surface area contributed by atoms with Gasteiger partial charge in [-0.3, -0.25) is 4.68 Å². The maximum absolute atomic E-state index is 5.41. The van der Waals surface area contributed by atoms with Crippen LogP contribution >= 0.6 is 0 Å². The summed E-state index contributed by atoms with van der Waals surface area (Å²) in [5.41, 5.74) is 7.26. The Morgan fingerprint density at radius 2 is 2.29 bits per heavy atom. The van der Waals surface area contributed by atoms with Gasteiger partial charge >= 0.3 is 6.01 Å². The summed E-state index contributed by atoms with van der Waals surface area (Å²) in [5.74, 6) is 0.539. The Labute approximate surface area is 99.0 Å². The fourth-order valence-electron chi connectivity index (χ4n) is 1.54. The highest BCUT2D eigenvalue weighted by molar-refractivity contribution is 5.54. The molecule has 2 heterocycles. The van der Waals surface area contributed by atoms with Crippen LogP contribution in [0.5, 0.6) is 0 Å². The zero-order valence-corrected chi connectivity index (χ0v) is 9.97. The molecule has 92 valence electrons. The van der Waals surface area contributed by atoms with Crippen LogP contribution in [0.15, 0.2) is 10.6 Å². The Morgan fingerprint density at radius 3 is 3.00 bits per heavy atom. The predicted molar refractivity (Wildman–Crippen MR) is 62.9 cm³/mol. The molecule has 17 heavy (non-hydrogen) atoms. The Balaban J connectivity index is 2.13. The number of hydrogen-bond donors (Lipinski definition) is 2. The smallest absolute Gasteiger partial charge is 0.320 e. The first-order valence-electron chi connectivity index (χ1n) is 5.55. The number of hydrogen-bond acceptors (Lipinski definition) is 6. The van der Waals surface area contributed by atoms with Gasteiger partial charge in [0.1, 0.15) is 0 Å². The van der Waals surface area contributed by atoms with Gasteiger partial charge in [0.05, 0.1) is 11.4 Å². The van der Waals surface area contributed by atoms with E-state index >= 15 is 0 Å². The molecule has 0 spiro atoms. The molecule has 0 amide bonds. The van der Waals surface area contributed by atoms with E-state index < -0.39 is 0 Å². The second kappa shape index (κ2) is 4.96. The molecule has 3 N–H and O–H groups in total. The highest BCUT2D eigenvalue weighted by atomic mass is 16.4. The van der Waals surface area contributed by atoms with Crippen molar-refractivity contribution in [1.82, 2.24) is 20.0 Å². The molecule has 7 heteroatoms. The van der Waals surface area contributed by atoms with E-state index in [0.29, 0.717) is 24.9 Å². The third kappa shape index (κ3) is 2.62. The molecule has 2 rings (SSSR count). The van der Waals surface area contributed by atoms with E-state index in [4.69, 9.17) is 10.2 Å². The summed E-state index contributed by atoms with van der Waals surface area (Å²) in [6, 6.07) is 0.371. The summed E-state index contributed by atoms with van der Waals surface area (Å²) in [6.07, 6.45) is 3.31. The average Bonchev–Trinajstić information content (AvgIpc) is 2.87. The summed E-state index contributed by atoms with van der Waals surface area (Å²) >= 11 is 0. The van der Waals surface area contributed by atoms with Gasteiger partial charge in [-0.05, 0) is 6.42 Å². The van der Waals surface area contributed by atoms with E-state index in [9.17, 15) is 0 Å². The van der Waals surface area contributed by atoms with Crippen LogP contribution < -0.4 is 11.1 Å². The van der Waals surface area contributed by atoms with Crippen molar-refractivity contribution in [2.75, 3.05) is 11.9 Å². The van der Waals surface area contributed by atoms with Crippen LogP contribution in [-0.2, 0) is 19.9 Å². The molecule has 0 unspecified atom stereocenters. The lowest BCUT2D eigenvalue weighted by Crippen LogP contribution is -2.02. The standard InChI is InChI=1S/C10H16N6O/c1-3-7-8(6-16(2)15-7)12-10-14-13-9(17-10)4-5-11/h6H,3-5,11H2,1-2H3,(H,12,14). The molecule has 0 saturated heterocycles. The number of nitrogens with zero attached hydrogens (tertiary/aromatic N) is 4. The molecule has 2 aromatic heterocycles. The second-order valence-electron chi connectivity index (χ2n) is 3.68. The Hall–Kier alpha value is -1.89. The van der Waals surface area contributed by atoms with Crippen LogP contribution in [0.4, 0.5) is 11.7 Å². The maximum Gasteiger partial charge on any atom is 0.320 e. The molecule has 0 saturated carbocycles. The summed E-state index contributed by atoms with van der Waals surface area (Å²) in [5, 5.41) is 15.1. The van der Waals surface area contributed by atoms with E-state index in [0.717, 1.165) is 17.8 Å². The first-order valence-corrected chi connectivity index (χ1v) is 5.55. The fraction of sp³-hybridized carbons (Fsp3) is 0.500. The van der Waals surface area contributed by atoms with Crippen LogP contribution in [0.3, 0.4) is 0 Å². The molecular weight excluding hydrogens is 220 g/mol. The molecular formula is C10H16N6O. The van der Waals surface area contributed by atoms with Crippen molar-refractivity contribution < 1.29 is 4.42 Å². The lowest BCUT2D eigenvalue weighted by atomic mass is 10.3. The maximum atomic E-state index is 5.41. The van der Waals surface area contributed by atoms with Crippen molar-refractivity contribution in [3.8, 4) is 0 Å². The van der Waals surface area contributed by atoms with E-state index in [1.54, 1.807) is 4.68 Å². The number of nitrogens with one attached hydrogen (secondary N) is 1. The highest BCUT2D eigenvalue weighted by Crippen LogP contribution is 2.19.